The van der Waals surface area contributed by atoms with Crippen LogP contribution in [0, 0.1) is 11.8 Å². The molecule has 0 aromatic carbocycles. The molecule has 5 nitrogen and oxygen atoms in total. The van der Waals surface area contributed by atoms with Crippen LogP contribution in [0.15, 0.2) is 24.5 Å². The van der Waals surface area contributed by atoms with Gasteiger partial charge in [0.05, 0.1) is 0 Å². The van der Waals surface area contributed by atoms with Crippen molar-refractivity contribution in [2.45, 2.75) is 25.7 Å². The van der Waals surface area contributed by atoms with E-state index in [1.165, 1.54) is 25.7 Å². The number of rotatable bonds is 5. The third-order valence-electron chi connectivity index (χ3n) is 4.19. The van der Waals surface area contributed by atoms with E-state index >= 15 is 0 Å². The number of nitrogens with zero attached hydrogens (tertiary/aromatic N) is 4. The second-order valence-electron chi connectivity index (χ2n) is 6.19. The molecule has 2 heterocycles. The number of carbonyl (C=O) groups excluding carboxylic acids is 1. The molecular weight excluding hydrogens is 264 g/mol. The maximum absolute atomic E-state index is 12.7. The van der Waals surface area contributed by atoms with E-state index < -0.39 is 0 Å². The summed E-state index contributed by atoms with van der Waals surface area (Å²) in [5, 5.41) is 0. The smallest absolute Gasteiger partial charge is 0.272 e. The zero-order valence-corrected chi connectivity index (χ0v) is 11.9. The molecule has 21 heavy (non-hydrogen) atoms. The van der Waals surface area contributed by atoms with Gasteiger partial charge in [0.25, 0.3) is 5.91 Å². The molecule has 2 aliphatic rings. The molecule has 0 bridgehead atoms. The van der Waals surface area contributed by atoms with Crippen LogP contribution in [-0.2, 0) is 0 Å². The van der Waals surface area contributed by atoms with Gasteiger partial charge in [-0.1, -0.05) is 0 Å². The van der Waals surface area contributed by atoms with E-state index in [-0.39, 0.29) is 5.91 Å². The Labute approximate surface area is 123 Å². The van der Waals surface area contributed by atoms with E-state index in [1.807, 2.05) is 11.0 Å². The lowest BCUT2D eigenvalue weighted by molar-refractivity contribution is 0.0734. The topological polar surface area (TPSA) is 59.0 Å². The number of hydrogen-bond donors (Lipinski definition) is 0. The van der Waals surface area contributed by atoms with Gasteiger partial charge in [-0.3, -0.25) is 9.78 Å². The van der Waals surface area contributed by atoms with Gasteiger partial charge in [-0.2, -0.15) is 0 Å². The van der Waals surface area contributed by atoms with Crippen LogP contribution in [0.3, 0.4) is 0 Å². The first-order valence-electron chi connectivity index (χ1n) is 7.66. The molecule has 0 saturated heterocycles. The molecule has 0 radical (unpaired) electrons. The van der Waals surface area contributed by atoms with Gasteiger partial charge in [-0.25, -0.2) is 9.97 Å². The fourth-order valence-electron chi connectivity index (χ4n) is 2.60. The maximum Gasteiger partial charge on any atom is 0.272 e. The number of carbonyl (C=O) groups is 1. The van der Waals surface area contributed by atoms with Crippen molar-refractivity contribution in [3.63, 3.8) is 0 Å². The first-order chi connectivity index (χ1) is 10.3. The van der Waals surface area contributed by atoms with Crippen LogP contribution in [0.1, 0.15) is 36.2 Å². The molecule has 0 aliphatic heterocycles. The standard InChI is InChI=1S/C16H18N4O/c21-16(20(9-11-1-2-11)10-12-3-4-12)14-6-5-13-15(19-14)18-8-7-17-13/h5-8,11-12H,1-4,9-10H2. The van der Waals surface area contributed by atoms with Crippen molar-refractivity contribution >= 4 is 17.1 Å². The quantitative estimate of drug-likeness (QED) is 0.844. The van der Waals surface area contributed by atoms with Crippen molar-refractivity contribution in [2.75, 3.05) is 13.1 Å². The van der Waals surface area contributed by atoms with Crippen molar-refractivity contribution in [1.29, 1.82) is 0 Å². The van der Waals surface area contributed by atoms with Gasteiger partial charge in [-0.15, -0.1) is 0 Å². The summed E-state index contributed by atoms with van der Waals surface area (Å²) in [6.45, 7) is 1.77. The highest BCUT2D eigenvalue weighted by atomic mass is 16.2. The van der Waals surface area contributed by atoms with Crippen molar-refractivity contribution in [1.82, 2.24) is 19.9 Å². The second kappa shape index (κ2) is 5.06. The van der Waals surface area contributed by atoms with Gasteiger partial charge in [0.15, 0.2) is 5.65 Å². The highest BCUT2D eigenvalue weighted by molar-refractivity contribution is 5.94. The molecule has 2 aromatic heterocycles. The minimum Gasteiger partial charge on any atom is -0.337 e. The maximum atomic E-state index is 12.7. The van der Waals surface area contributed by atoms with Gasteiger partial charge in [0.2, 0.25) is 0 Å². The Hall–Kier alpha value is -2.04. The molecule has 2 aliphatic carbocycles. The van der Waals surface area contributed by atoms with Crippen LogP contribution >= 0.6 is 0 Å². The molecule has 2 fully saturated rings. The summed E-state index contributed by atoms with van der Waals surface area (Å²) in [4.78, 5) is 27.5. The van der Waals surface area contributed by atoms with E-state index in [9.17, 15) is 4.79 Å². The van der Waals surface area contributed by atoms with Crippen molar-refractivity contribution in [3.05, 3.63) is 30.2 Å². The molecule has 0 N–H and O–H groups in total. The molecule has 5 heteroatoms. The summed E-state index contributed by atoms with van der Waals surface area (Å²) in [7, 11) is 0. The van der Waals surface area contributed by atoms with Crippen LogP contribution in [0.2, 0.25) is 0 Å². The lowest BCUT2D eigenvalue weighted by Crippen LogP contribution is -2.35. The van der Waals surface area contributed by atoms with Crippen LogP contribution in [0.4, 0.5) is 0 Å². The molecule has 1 amide bonds. The SMILES string of the molecule is O=C(c1ccc2nccnc2n1)N(CC1CC1)CC1CC1. The Morgan fingerprint density at radius 3 is 2.38 bits per heavy atom. The van der Waals surface area contributed by atoms with E-state index in [1.54, 1.807) is 18.5 Å². The molecule has 2 aromatic rings. The van der Waals surface area contributed by atoms with Gasteiger partial charge in [0.1, 0.15) is 11.2 Å². The third kappa shape index (κ3) is 2.86. The molecular formula is C16H18N4O. The van der Waals surface area contributed by atoms with E-state index in [0.29, 0.717) is 23.2 Å². The number of amides is 1. The summed E-state index contributed by atoms with van der Waals surface area (Å²) < 4.78 is 0. The van der Waals surface area contributed by atoms with E-state index in [4.69, 9.17) is 0 Å². The molecule has 0 unspecified atom stereocenters. The average molecular weight is 282 g/mol. The summed E-state index contributed by atoms with van der Waals surface area (Å²) in [5.41, 5.74) is 1.76. The fraction of sp³-hybridized carbons (Fsp3) is 0.500. The van der Waals surface area contributed by atoms with Crippen LogP contribution in [0.5, 0.6) is 0 Å². The van der Waals surface area contributed by atoms with E-state index in [0.717, 1.165) is 18.6 Å². The van der Waals surface area contributed by atoms with Gasteiger partial charge in [0, 0.05) is 25.5 Å². The van der Waals surface area contributed by atoms with E-state index in [2.05, 4.69) is 15.0 Å². The average Bonchev–Trinajstić information content (AvgIpc) is 3.41. The minimum atomic E-state index is 0.0429. The predicted molar refractivity (Wildman–Crippen MR) is 78.7 cm³/mol. The lowest BCUT2D eigenvalue weighted by Gasteiger charge is -2.22. The Morgan fingerprint density at radius 1 is 1.05 bits per heavy atom. The summed E-state index contributed by atoms with van der Waals surface area (Å²) in [6.07, 6.45) is 8.26. The Bertz CT molecular complexity index is 665. The highest BCUT2D eigenvalue weighted by Gasteiger charge is 2.32. The Balaban J connectivity index is 1.59. The Kier molecular flexibility index (Phi) is 3.05. The second-order valence-corrected chi connectivity index (χ2v) is 6.19. The Morgan fingerprint density at radius 2 is 1.71 bits per heavy atom. The van der Waals surface area contributed by atoms with Crippen LogP contribution < -0.4 is 0 Å². The van der Waals surface area contributed by atoms with Gasteiger partial charge in [-0.05, 0) is 49.7 Å². The highest BCUT2D eigenvalue weighted by Crippen LogP contribution is 2.34. The number of hydrogen-bond acceptors (Lipinski definition) is 4. The number of fused-ring (bicyclic) bond motifs is 1. The summed E-state index contributed by atoms with van der Waals surface area (Å²) in [5.74, 6) is 1.45. The van der Waals surface area contributed by atoms with Crippen LogP contribution in [-0.4, -0.2) is 38.8 Å². The fourth-order valence-corrected chi connectivity index (χ4v) is 2.60. The zero-order valence-electron chi connectivity index (χ0n) is 11.9. The van der Waals surface area contributed by atoms with Gasteiger partial charge >= 0.3 is 0 Å². The zero-order chi connectivity index (χ0) is 14.2. The van der Waals surface area contributed by atoms with Crippen molar-refractivity contribution < 1.29 is 4.79 Å². The first-order valence-corrected chi connectivity index (χ1v) is 7.66. The van der Waals surface area contributed by atoms with Crippen molar-refractivity contribution in [3.8, 4) is 0 Å². The monoisotopic (exact) mass is 282 g/mol. The molecule has 2 saturated carbocycles. The number of pyridine rings is 1. The summed E-state index contributed by atoms with van der Waals surface area (Å²) >= 11 is 0. The predicted octanol–water partition coefficient (Wildman–Crippen LogP) is 2.29. The molecule has 4 rings (SSSR count). The van der Waals surface area contributed by atoms with Crippen LogP contribution in [0.25, 0.3) is 11.2 Å². The first kappa shape index (κ1) is 12.7. The third-order valence-corrected chi connectivity index (χ3v) is 4.19. The molecule has 0 atom stereocenters. The lowest BCUT2D eigenvalue weighted by atomic mass is 10.2. The largest absolute Gasteiger partial charge is 0.337 e. The molecule has 108 valence electrons. The summed E-state index contributed by atoms with van der Waals surface area (Å²) in [6, 6.07) is 3.60. The minimum absolute atomic E-state index is 0.0429. The molecule has 0 spiro atoms. The number of aromatic nitrogens is 3. The normalized spacial score (nSPS) is 17.9. The van der Waals surface area contributed by atoms with Gasteiger partial charge < -0.3 is 4.90 Å². The van der Waals surface area contributed by atoms with Crippen molar-refractivity contribution in [2.24, 2.45) is 11.8 Å².